The summed E-state index contributed by atoms with van der Waals surface area (Å²) in [6.07, 6.45) is 5.07. The fraction of sp³-hybridized carbons (Fsp3) is 0.0870. The first-order chi connectivity index (χ1) is 15.1. The van der Waals surface area contributed by atoms with Crippen LogP contribution in [0.3, 0.4) is 0 Å². The molecule has 0 bridgehead atoms. The number of thioether (sulfide) groups is 1. The first-order valence-corrected chi connectivity index (χ1v) is 11.0. The van der Waals surface area contributed by atoms with Crippen molar-refractivity contribution in [1.29, 1.82) is 0 Å². The molecule has 0 saturated carbocycles. The minimum Gasteiger partial charge on any atom is -0.497 e. The normalized spacial score (nSPS) is 16.7. The minimum atomic E-state index is -0.144. The van der Waals surface area contributed by atoms with Gasteiger partial charge in [0.15, 0.2) is 5.17 Å². The average Bonchev–Trinajstić information content (AvgIpc) is 3.40. The van der Waals surface area contributed by atoms with Crippen LogP contribution < -0.4 is 4.74 Å². The molecule has 1 aliphatic rings. The van der Waals surface area contributed by atoms with Gasteiger partial charge in [0, 0.05) is 4.47 Å². The van der Waals surface area contributed by atoms with E-state index in [1.807, 2.05) is 60.7 Å². The minimum absolute atomic E-state index is 0.144. The van der Waals surface area contributed by atoms with Crippen molar-refractivity contribution in [3.8, 4) is 5.75 Å². The Morgan fingerprint density at radius 3 is 2.52 bits per heavy atom. The van der Waals surface area contributed by atoms with Crippen LogP contribution in [-0.2, 0) is 11.3 Å². The number of halogens is 1. The van der Waals surface area contributed by atoms with Crippen LogP contribution in [0.25, 0.3) is 6.08 Å². The number of methoxy groups -OCH3 is 1. The summed E-state index contributed by atoms with van der Waals surface area (Å²) < 4.78 is 11.6. The second-order valence-electron chi connectivity index (χ2n) is 6.53. The first-order valence-electron chi connectivity index (χ1n) is 9.37. The lowest BCUT2D eigenvalue weighted by Crippen LogP contribution is -2.28. The Kier molecular flexibility index (Phi) is 6.69. The maximum Gasteiger partial charge on any atom is 0.267 e. The summed E-state index contributed by atoms with van der Waals surface area (Å²) >= 11 is 4.69. The van der Waals surface area contributed by atoms with E-state index in [0.29, 0.717) is 15.8 Å². The molecule has 1 fully saturated rings. The fourth-order valence-electron chi connectivity index (χ4n) is 2.83. The summed E-state index contributed by atoms with van der Waals surface area (Å²) in [6.45, 7) is 0.283. The largest absolute Gasteiger partial charge is 0.497 e. The van der Waals surface area contributed by atoms with E-state index in [2.05, 4.69) is 26.1 Å². The molecule has 0 atom stereocenters. The van der Waals surface area contributed by atoms with E-state index in [1.165, 1.54) is 11.8 Å². The van der Waals surface area contributed by atoms with Crippen molar-refractivity contribution in [2.75, 3.05) is 7.11 Å². The number of nitrogens with zero attached hydrogens (tertiary/aromatic N) is 3. The van der Waals surface area contributed by atoms with E-state index in [0.717, 1.165) is 21.3 Å². The molecule has 4 rings (SSSR count). The van der Waals surface area contributed by atoms with Gasteiger partial charge in [-0.15, -0.1) is 5.10 Å². The molecular weight excluding hydrogens is 478 g/mol. The van der Waals surface area contributed by atoms with Gasteiger partial charge >= 0.3 is 0 Å². The van der Waals surface area contributed by atoms with E-state index < -0.39 is 0 Å². The molecule has 2 heterocycles. The van der Waals surface area contributed by atoms with Crippen molar-refractivity contribution in [1.82, 2.24) is 4.90 Å². The highest BCUT2D eigenvalue weighted by molar-refractivity contribution is 9.10. The molecule has 1 saturated heterocycles. The van der Waals surface area contributed by atoms with Gasteiger partial charge in [-0.2, -0.15) is 5.10 Å². The lowest BCUT2D eigenvalue weighted by molar-refractivity contribution is -0.122. The maximum atomic E-state index is 13.1. The highest BCUT2D eigenvalue weighted by Crippen LogP contribution is 2.34. The van der Waals surface area contributed by atoms with Crippen LogP contribution in [0.2, 0.25) is 0 Å². The van der Waals surface area contributed by atoms with Gasteiger partial charge in [0.2, 0.25) is 0 Å². The SMILES string of the molecule is COc1ccc(/C=C2\S/C(=N/N=C\c3ccc(Br)cc3)N(Cc3ccco3)C2=O)cc1. The summed E-state index contributed by atoms with van der Waals surface area (Å²) in [5.41, 5.74) is 1.81. The maximum absolute atomic E-state index is 13.1. The predicted octanol–water partition coefficient (Wildman–Crippen LogP) is 5.56. The van der Waals surface area contributed by atoms with Crippen LogP contribution >= 0.6 is 27.7 Å². The van der Waals surface area contributed by atoms with Crippen molar-refractivity contribution in [3.05, 3.63) is 93.2 Å². The summed E-state index contributed by atoms with van der Waals surface area (Å²) in [5, 5.41) is 9.00. The third-order valence-electron chi connectivity index (χ3n) is 4.42. The summed E-state index contributed by atoms with van der Waals surface area (Å²) in [4.78, 5) is 15.2. The van der Waals surface area contributed by atoms with Gasteiger partial charge in [-0.25, -0.2) is 0 Å². The van der Waals surface area contributed by atoms with Crippen LogP contribution in [0.15, 0.2) is 90.9 Å². The third-order valence-corrected chi connectivity index (χ3v) is 5.94. The van der Waals surface area contributed by atoms with Gasteiger partial charge in [-0.05, 0) is 65.4 Å². The van der Waals surface area contributed by atoms with E-state index in [9.17, 15) is 4.79 Å². The smallest absolute Gasteiger partial charge is 0.267 e. The second-order valence-corrected chi connectivity index (χ2v) is 8.46. The number of ether oxygens (including phenoxy) is 1. The number of amidine groups is 1. The summed E-state index contributed by atoms with van der Waals surface area (Å²) in [7, 11) is 1.62. The van der Waals surface area contributed by atoms with Gasteiger partial charge in [-0.3, -0.25) is 9.69 Å². The van der Waals surface area contributed by atoms with Crippen LogP contribution in [0, 0.1) is 0 Å². The van der Waals surface area contributed by atoms with Crippen LogP contribution in [0.1, 0.15) is 16.9 Å². The van der Waals surface area contributed by atoms with Crippen LogP contribution in [-0.4, -0.2) is 29.3 Å². The molecule has 8 heteroatoms. The molecule has 0 N–H and O–H groups in total. The van der Waals surface area contributed by atoms with E-state index in [-0.39, 0.29) is 12.5 Å². The Labute approximate surface area is 192 Å². The topological polar surface area (TPSA) is 67.4 Å². The van der Waals surface area contributed by atoms with Gasteiger partial charge in [0.25, 0.3) is 5.91 Å². The first kappa shape index (κ1) is 21.1. The van der Waals surface area contributed by atoms with Crippen molar-refractivity contribution in [2.24, 2.45) is 10.2 Å². The third kappa shape index (κ3) is 5.34. The predicted molar refractivity (Wildman–Crippen MR) is 127 cm³/mol. The Bertz CT molecular complexity index is 1140. The lowest BCUT2D eigenvalue weighted by atomic mass is 10.2. The summed E-state index contributed by atoms with van der Waals surface area (Å²) in [6, 6.07) is 18.8. The van der Waals surface area contributed by atoms with Crippen LogP contribution in [0.5, 0.6) is 5.75 Å². The van der Waals surface area contributed by atoms with E-state index >= 15 is 0 Å². The molecule has 2 aromatic carbocycles. The van der Waals surface area contributed by atoms with E-state index in [1.54, 1.807) is 30.6 Å². The van der Waals surface area contributed by atoms with Gasteiger partial charge in [-0.1, -0.05) is 40.2 Å². The molecular formula is C23H18BrN3O3S. The molecule has 0 radical (unpaired) electrons. The van der Waals surface area contributed by atoms with Crippen LogP contribution in [0.4, 0.5) is 0 Å². The number of carbonyl (C=O) groups is 1. The Balaban J connectivity index is 1.59. The van der Waals surface area contributed by atoms with Gasteiger partial charge < -0.3 is 9.15 Å². The average molecular weight is 496 g/mol. The molecule has 0 unspecified atom stereocenters. The molecule has 0 spiro atoms. The fourth-order valence-corrected chi connectivity index (χ4v) is 4.02. The van der Waals surface area contributed by atoms with Gasteiger partial charge in [0.1, 0.15) is 11.5 Å². The highest BCUT2D eigenvalue weighted by Gasteiger charge is 2.34. The zero-order valence-electron chi connectivity index (χ0n) is 16.6. The molecule has 31 heavy (non-hydrogen) atoms. The molecule has 1 aliphatic heterocycles. The number of hydrogen-bond acceptors (Lipinski definition) is 6. The van der Waals surface area contributed by atoms with Crippen molar-refractivity contribution in [2.45, 2.75) is 6.54 Å². The molecule has 156 valence electrons. The zero-order valence-corrected chi connectivity index (χ0v) is 19.0. The number of furan rings is 1. The monoisotopic (exact) mass is 495 g/mol. The summed E-state index contributed by atoms with van der Waals surface area (Å²) in [5.74, 6) is 1.29. The lowest BCUT2D eigenvalue weighted by Gasteiger charge is -2.12. The Morgan fingerprint density at radius 1 is 1.10 bits per heavy atom. The Morgan fingerprint density at radius 2 is 1.84 bits per heavy atom. The standard InChI is InChI=1S/C23H18BrN3O3S/c1-29-19-10-6-16(7-11-19)13-21-22(28)27(15-20-3-2-12-30-20)23(31-21)26-25-14-17-4-8-18(24)9-5-17/h2-14H,15H2,1H3/b21-13-,25-14-,26-23+. The van der Waals surface area contributed by atoms with Crippen molar-refractivity contribution < 1.29 is 13.9 Å². The molecule has 1 aromatic heterocycles. The number of carbonyl (C=O) groups excluding carboxylic acids is 1. The highest BCUT2D eigenvalue weighted by atomic mass is 79.9. The number of benzene rings is 2. The second kappa shape index (κ2) is 9.80. The molecule has 6 nitrogen and oxygen atoms in total. The van der Waals surface area contributed by atoms with Crippen molar-refractivity contribution >= 4 is 51.1 Å². The quantitative estimate of drug-likeness (QED) is 0.255. The number of rotatable bonds is 6. The zero-order chi connectivity index (χ0) is 21.6. The number of amides is 1. The number of hydrogen-bond donors (Lipinski definition) is 0. The van der Waals surface area contributed by atoms with Gasteiger partial charge in [0.05, 0.1) is 31.0 Å². The molecule has 0 aliphatic carbocycles. The molecule has 1 amide bonds. The molecule has 3 aromatic rings. The van der Waals surface area contributed by atoms with E-state index in [4.69, 9.17) is 9.15 Å². The van der Waals surface area contributed by atoms with Crippen molar-refractivity contribution in [3.63, 3.8) is 0 Å². The Hall–Kier alpha value is -3.10.